The predicted molar refractivity (Wildman–Crippen MR) is 269 cm³/mol. The standard InChI is InChI=1S/C55H86O25/c1-22(59)72-40-27(21-58)75-47(38(67)36(40)65)80-44-41(77-48-43(35(64)33(62)26(20-57)74-48)79-46-37(66)34(63)32(61)25(19-56)73-46)39(68)42(45(69)70)78-49(44)76-31-12-13-52(6)28(51(31,4)5)11-14-53(7)29(52)10-9-23-24-17-50(2,3)15-16-55(24,71)30(60)18-54(23,53)8/h9,24-29,31-44,46-49,56-58,61-68,71H,10-21H2,1-8H3,(H,69,70)/t24-,25+,26+,27+,28?,29+,31-,32+,33-,34-,35-,36+,37+,38+,39-,40-,41-,42-,43+,44+,46-,47-,48-,49+,52-,53+,54+,55+/m0/s1. The van der Waals surface area contributed by atoms with Crippen molar-refractivity contribution in [1.82, 2.24) is 0 Å². The van der Waals surface area contributed by atoms with Crippen LogP contribution >= 0.6 is 0 Å². The number of hydrogen-bond acceptors (Lipinski definition) is 24. The lowest BCUT2D eigenvalue weighted by atomic mass is 9.34. The number of Topliss-reactive ketones (excluding diaryl/α,β-unsaturated/α-hetero) is 1. The Labute approximate surface area is 464 Å². The number of carbonyl (C=O) groups excluding carboxylic acids is 2. The fourth-order valence-electron chi connectivity index (χ4n) is 16.3. The van der Waals surface area contributed by atoms with Crippen LogP contribution < -0.4 is 0 Å². The van der Waals surface area contributed by atoms with Crippen molar-refractivity contribution in [2.24, 2.45) is 44.8 Å². The summed E-state index contributed by atoms with van der Waals surface area (Å²) in [6, 6.07) is 0. The number of carboxylic acids is 1. The molecular weight excluding hydrogens is 1060 g/mol. The van der Waals surface area contributed by atoms with Gasteiger partial charge in [0.2, 0.25) is 0 Å². The van der Waals surface area contributed by atoms with Gasteiger partial charge in [0.1, 0.15) is 91.1 Å². The number of rotatable bonds is 13. The summed E-state index contributed by atoms with van der Waals surface area (Å²) in [5.74, 6) is -3.03. The van der Waals surface area contributed by atoms with Gasteiger partial charge in [0, 0.05) is 24.7 Å². The van der Waals surface area contributed by atoms with E-state index in [1.165, 1.54) is 5.57 Å². The number of carboxylic acid groups (broad SMARTS) is 1. The molecule has 8 fully saturated rings. The number of aliphatic hydroxyl groups is 12. The number of allylic oxidation sites excluding steroid dienone is 1. The third-order valence-corrected chi connectivity index (χ3v) is 21.1. The van der Waals surface area contributed by atoms with Crippen LogP contribution in [0.15, 0.2) is 11.6 Å². The summed E-state index contributed by atoms with van der Waals surface area (Å²) in [7, 11) is 0. The van der Waals surface area contributed by atoms with Crippen LogP contribution in [0.2, 0.25) is 0 Å². The molecule has 0 aromatic carbocycles. The number of hydrogen-bond donors (Lipinski definition) is 13. The maximum absolute atomic E-state index is 14.3. The molecule has 80 heavy (non-hydrogen) atoms. The van der Waals surface area contributed by atoms with Crippen molar-refractivity contribution in [2.45, 2.75) is 248 Å². The zero-order valence-corrected chi connectivity index (χ0v) is 46.6. The van der Waals surface area contributed by atoms with Crippen LogP contribution in [-0.4, -0.2) is 238 Å². The van der Waals surface area contributed by atoms with Crippen LogP contribution in [0.1, 0.15) is 113 Å². The molecule has 9 rings (SSSR count). The van der Waals surface area contributed by atoms with Gasteiger partial charge in [-0.2, -0.15) is 0 Å². The Bertz CT molecular complexity index is 2300. The smallest absolute Gasteiger partial charge is 0.335 e. The van der Waals surface area contributed by atoms with Crippen molar-refractivity contribution in [1.29, 1.82) is 0 Å². The van der Waals surface area contributed by atoms with Crippen LogP contribution in [0.3, 0.4) is 0 Å². The molecule has 25 nitrogen and oxygen atoms in total. The van der Waals surface area contributed by atoms with Gasteiger partial charge in [-0.3, -0.25) is 9.59 Å². The van der Waals surface area contributed by atoms with E-state index in [-0.39, 0.29) is 46.2 Å². The summed E-state index contributed by atoms with van der Waals surface area (Å²) in [6.45, 7) is 13.5. The molecule has 0 aromatic rings. The fourth-order valence-corrected chi connectivity index (χ4v) is 16.3. The van der Waals surface area contributed by atoms with Gasteiger partial charge >= 0.3 is 11.9 Å². The topological polar surface area (TPSA) is 397 Å². The van der Waals surface area contributed by atoms with E-state index in [0.717, 1.165) is 19.8 Å². The van der Waals surface area contributed by atoms with Crippen molar-refractivity contribution in [2.75, 3.05) is 19.8 Å². The average Bonchev–Trinajstić information content (AvgIpc) is 3.40. The third-order valence-electron chi connectivity index (χ3n) is 21.1. The summed E-state index contributed by atoms with van der Waals surface area (Å²) >= 11 is 0. The second-order valence-electron chi connectivity index (χ2n) is 26.5. The molecule has 4 heterocycles. The van der Waals surface area contributed by atoms with Crippen molar-refractivity contribution in [3.05, 3.63) is 11.6 Å². The summed E-state index contributed by atoms with van der Waals surface area (Å²) in [5, 5.41) is 143. The molecule has 0 spiro atoms. The van der Waals surface area contributed by atoms with Crippen LogP contribution in [-0.2, 0) is 57.0 Å². The first-order valence-corrected chi connectivity index (χ1v) is 28.2. The fraction of sp³-hybridized carbons (Fsp3) is 0.909. The van der Waals surface area contributed by atoms with Crippen LogP contribution in [0.25, 0.3) is 0 Å². The molecule has 5 aliphatic carbocycles. The highest BCUT2D eigenvalue weighted by atomic mass is 16.8. The monoisotopic (exact) mass is 1150 g/mol. The van der Waals surface area contributed by atoms with Crippen LogP contribution in [0.4, 0.5) is 0 Å². The number of aliphatic carboxylic acids is 1. The molecule has 4 saturated carbocycles. The van der Waals surface area contributed by atoms with Gasteiger partial charge in [-0.05, 0) is 84.9 Å². The molecule has 0 aromatic heterocycles. The normalized spacial score (nSPS) is 51.9. The first kappa shape index (κ1) is 62.1. The largest absolute Gasteiger partial charge is 0.479 e. The minimum atomic E-state index is -2.30. The maximum atomic E-state index is 14.3. The number of fused-ring (bicyclic) bond motifs is 7. The zero-order chi connectivity index (χ0) is 58.7. The second kappa shape index (κ2) is 22.4. The molecule has 1 unspecified atom stereocenters. The number of ether oxygens (including phenoxy) is 9. The number of esters is 1. The first-order chi connectivity index (χ1) is 37.3. The lowest BCUT2D eigenvalue weighted by Gasteiger charge is -2.71. The average molecular weight is 1150 g/mol. The van der Waals surface area contributed by atoms with Crippen molar-refractivity contribution in [3.63, 3.8) is 0 Å². The number of ketones is 1. The quantitative estimate of drug-likeness (QED) is 0.0541. The molecule has 456 valence electrons. The predicted octanol–water partition coefficient (Wildman–Crippen LogP) is -1.97. The lowest BCUT2D eigenvalue weighted by Crippen LogP contribution is -2.69. The zero-order valence-electron chi connectivity index (χ0n) is 46.6. The van der Waals surface area contributed by atoms with Crippen molar-refractivity contribution in [3.8, 4) is 0 Å². The van der Waals surface area contributed by atoms with Gasteiger partial charge in [0.15, 0.2) is 43.2 Å². The molecule has 25 heteroatoms. The summed E-state index contributed by atoms with van der Waals surface area (Å²) in [5.41, 5.74) is -2.32. The highest BCUT2D eigenvalue weighted by Gasteiger charge is 2.71. The summed E-state index contributed by atoms with van der Waals surface area (Å²) in [6.07, 6.45) is -32.4. The second-order valence-corrected chi connectivity index (χ2v) is 26.5. The Morgan fingerprint density at radius 2 is 1.15 bits per heavy atom. The van der Waals surface area contributed by atoms with Crippen LogP contribution in [0, 0.1) is 44.8 Å². The van der Waals surface area contributed by atoms with Gasteiger partial charge in [0.25, 0.3) is 0 Å². The first-order valence-electron chi connectivity index (χ1n) is 28.2. The van der Waals surface area contributed by atoms with E-state index in [4.69, 9.17) is 42.6 Å². The van der Waals surface area contributed by atoms with Gasteiger partial charge < -0.3 is 109 Å². The number of aliphatic hydroxyl groups excluding tert-OH is 11. The third kappa shape index (κ3) is 10.2. The highest BCUT2D eigenvalue weighted by molar-refractivity contribution is 5.91. The van der Waals surface area contributed by atoms with E-state index in [1.807, 2.05) is 13.8 Å². The van der Waals surface area contributed by atoms with Crippen molar-refractivity contribution < 1.29 is 123 Å². The molecule has 4 saturated heterocycles. The Morgan fingerprint density at radius 1 is 0.600 bits per heavy atom. The molecule has 9 aliphatic rings. The minimum Gasteiger partial charge on any atom is -0.479 e. The Morgan fingerprint density at radius 3 is 1.76 bits per heavy atom. The molecule has 0 bridgehead atoms. The van der Waals surface area contributed by atoms with Gasteiger partial charge in [0.05, 0.1) is 25.9 Å². The van der Waals surface area contributed by atoms with Gasteiger partial charge in [-0.25, -0.2) is 4.79 Å². The molecule has 0 amide bonds. The van der Waals surface area contributed by atoms with E-state index in [2.05, 4.69) is 40.7 Å². The van der Waals surface area contributed by atoms with Gasteiger partial charge in [-0.1, -0.05) is 60.1 Å². The highest BCUT2D eigenvalue weighted by Crippen LogP contribution is 2.74. The Balaban J connectivity index is 1.06. The molecule has 13 N–H and O–H groups in total. The molecule has 4 aliphatic heterocycles. The van der Waals surface area contributed by atoms with Crippen molar-refractivity contribution >= 4 is 17.7 Å². The van der Waals surface area contributed by atoms with E-state index in [0.29, 0.717) is 38.5 Å². The van der Waals surface area contributed by atoms with Gasteiger partial charge in [-0.15, -0.1) is 0 Å². The van der Waals surface area contributed by atoms with E-state index < -0.39 is 177 Å². The number of carbonyl (C=O) groups is 3. The van der Waals surface area contributed by atoms with E-state index >= 15 is 0 Å². The molecule has 0 radical (unpaired) electrons. The van der Waals surface area contributed by atoms with Crippen LogP contribution in [0.5, 0.6) is 0 Å². The molecular formula is C55H86O25. The maximum Gasteiger partial charge on any atom is 0.335 e. The lowest BCUT2D eigenvalue weighted by molar-refractivity contribution is -0.407. The minimum absolute atomic E-state index is 0.0612. The SMILES string of the molecule is CC(=O)O[C@@H]1[C@H](O)[C@@H](O)[C@H](O[C@H]2[C@H](O[C@H]3CC[C@@]4(C)C(CC[C@]5(C)[C@@H]4CC=C4[C@@H]6CC(C)(C)CC[C@]6(O)C(=O)C[C@]45C)C3(C)C)O[C@H](C(=O)O)[C@@H](O)[C@@H]2O[C@@H]2O[C@H](CO)[C@H](O)[C@H](O)[C@H]2O[C@@H]2O[C@H](CO)[C@@H](O)[C@H](O)[C@H]2O)O[C@@H]1CO. The Kier molecular flexibility index (Phi) is 17.4. The molecule has 28 atom stereocenters. The summed E-state index contributed by atoms with van der Waals surface area (Å²) in [4.78, 5) is 39.6. The Hall–Kier alpha value is -2.45. The summed E-state index contributed by atoms with van der Waals surface area (Å²) < 4.78 is 54.3. The van der Waals surface area contributed by atoms with E-state index in [1.54, 1.807) is 0 Å². The van der Waals surface area contributed by atoms with E-state index in [9.17, 15) is 80.8 Å².